The van der Waals surface area contributed by atoms with E-state index in [1.54, 1.807) is 30.3 Å². The summed E-state index contributed by atoms with van der Waals surface area (Å²) in [6.45, 7) is 0. The molecule has 1 aromatic heterocycles. The number of alkyl halides is 3. The number of halogens is 3. The van der Waals surface area contributed by atoms with E-state index >= 15 is 0 Å². The van der Waals surface area contributed by atoms with Crippen molar-refractivity contribution in [1.82, 2.24) is 9.97 Å². The fourth-order valence-corrected chi connectivity index (χ4v) is 2.02. The van der Waals surface area contributed by atoms with Crippen LogP contribution in [0.2, 0.25) is 0 Å². The molecule has 3 nitrogen and oxygen atoms in total. The molecule has 0 atom stereocenters. The van der Waals surface area contributed by atoms with E-state index in [4.69, 9.17) is 0 Å². The van der Waals surface area contributed by atoms with Gasteiger partial charge in [-0.2, -0.15) is 0 Å². The SMILES string of the molecule is FC(F)(F)N(c1ccccc1)c1ncc2ccccc2n1. The number of fused-ring (bicyclic) bond motifs is 1. The Morgan fingerprint density at radius 3 is 2.24 bits per heavy atom. The van der Waals surface area contributed by atoms with E-state index < -0.39 is 12.2 Å². The van der Waals surface area contributed by atoms with Gasteiger partial charge in [-0.3, -0.25) is 0 Å². The summed E-state index contributed by atoms with van der Waals surface area (Å²) in [6, 6.07) is 14.4. The molecule has 6 heteroatoms. The Balaban J connectivity index is 2.15. The monoisotopic (exact) mass is 289 g/mol. The summed E-state index contributed by atoms with van der Waals surface area (Å²) in [6.07, 6.45) is -3.22. The van der Waals surface area contributed by atoms with Crippen LogP contribution in [0, 0.1) is 0 Å². The first-order valence-electron chi connectivity index (χ1n) is 6.19. The largest absolute Gasteiger partial charge is 0.491 e. The van der Waals surface area contributed by atoms with Gasteiger partial charge in [0, 0.05) is 11.6 Å². The molecule has 0 radical (unpaired) electrons. The van der Waals surface area contributed by atoms with Crippen molar-refractivity contribution in [2.24, 2.45) is 0 Å². The molecular formula is C15H10F3N3. The molecule has 0 aliphatic rings. The molecule has 3 rings (SSSR count). The van der Waals surface area contributed by atoms with Crippen molar-refractivity contribution in [3.05, 3.63) is 60.8 Å². The number of hydrogen-bond acceptors (Lipinski definition) is 3. The number of hydrogen-bond donors (Lipinski definition) is 0. The Labute approximate surface area is 118 Å². The first-order chi connectivity index (χ1) is 10.1. The van der Waals surface area contributed by atoms with Crippen LogP contribution in [0.1, 0.15) is 0 Å². The van der Waals surface area contributed by atoms with Crippen molar-refractivity contribution >= 4 is 22.5 Å². The van der Waals surface area contributed by atoms with Crippen molar-refractivity contribution in [2.45, 2.75) is 6.30 Å². The van der Waals surface area contributed by atoms with Gasteiger partial charge in [-0.15, -0.1) is 13.2 Å². The molecule has 0 fully saturated rings. The van der Waals surface area contributed by atoms with Gasteiger partial charge >= 0.3 is 6.30 Å². The van der Waals surface area contributed by atoms with Crippen LogP contribution in [0.4, 0.5) is 24.8 Å². The second-order valence-electron chi connectivity index (χ2n) is 4.37. The lowest BCUT2D eigenvalue weighted by atomic mass is 10.2. The average molecular weight is 289 g/mol. The maximum atomic E-state index is 13.3. The predicted octanol–water partition coefficient (Wildman–Crippen LogP) is 4.29. The molecule has 0 bridgehead atoms. The summed E-state index contributed by atoms with van der Waals surface area (Å²) in [4.78, 5) is 8.02. The fraction of sp³-hybridized carbons (Fsp3) is 0.0667. The number of para-hydroxylation sites is 2. The van der Waals surface area contributed by atoms with Crippen LogP contribution in [0.15, 0.2) is 60.8 Å². The molecule has 0 saturated heterocycles. The van der Waals surface area contributed by atoms with Crippen molar-refractivity contribution in [3.8, 4) is 0 Å². The fourth-order valence-electron chi connectivity index (χ4n) is 2.02. The van der Waals surface area contributed by atoms with Crippen LogP contribution in [-0.2, 0) is 0 Å². The van der Waals surface area contributed by atoms with Gasteiger partial charge in [0.1, 0.15) is 0 Å². The van der Waals surface area contributed by atoms with E-state index in [-0.39, 0.29) is 10.6 Å². The first-order valence-corrected chi connectivity index (χ1v) is 6.19. The molecule has 106 valence electrons. The standard InChI is InChI=1S/C15H10F3N3/c16-15(17,18)21(12-7-2-1-3-8-12)14-19-10-11-6-4-5-9-13(11)20-14/h1-10H. The molecule has 3 aromatic rings. The quantitative estimate of drug-likeness (QED) is 0.659. The normalized spacial score (nSPS) is 11.6. The summed E-state index contributed by atoms with van der Waals surface area (Å²) >= 11 is 0. The highest BCUT2D eigenvalue weighted by molar-refractivity contribution is 5.79. The zero-order chi connectivity index (χ0) is 14.9. The van der Waals surface area contributed by atoms with Crippen LogP contribution >= 0.6 is 0 Å². The van der Waals surface area contributed by atoms with Crippen molar-refractivity contribution < 1.29 is 13.2 Å². The summed E-state index contributed by atoms with van der Waals surface area (Å²) in [5.41, 5.74) is 0.438. The van der Waals surface area contributed by atoms with E-state index in [0.717, 1.165) is 0 Å². The van der Waals surface area contributed by atoms with E-state index in [0.29, 0.717) is 10.9 Å². The van der Waals surface area contributed by atoms with Crippen LogP contribution in [-0.4, -0.2) is 16.3 Å². The lowest BCUT2D eigenvalue weighted by Crippen LogP contribution is -2.35. The zero-order valence-corrected chi connectivity index (χ0v) is 10.7. The van der Waals surface area contributed by atoms with E-state index in [9.17, 15) is 13.2 Å². The highest BCUT2D eigenvalue weighted by atomic mass is 19.4. The molecule has 0 aliphatic carbocycles. The van der Waals surface area contributed by atoms with Crippen LogP contribution < -0.4 is 4.90 Å². The van der Waals surface area contributed by atoms with Gasteiger partial charge in [-0.25, -0.2) is 14.9 Å². The maximum Gasteiger partial charge on any atom is 0.491 e. The lowest BCUT2D eigenvalue weighted by Gasteiger charge is -2.24. The third kappa shape index (κ3) is 2.65. The maximum absolute atomic E-state index is 13.3. The molecule has 2 aromatic carbocycles. The summed E-state index contributed by atoms with van der Waals surface area (Å²) in [5.74, 6) is -0.396. The third-order valence-corrected chi connectivity index (χ3v) is 2.94. The van der Waals surface area contributed by atoms with Gasteiger partial charge in [0.25, 0.3) is 0 Å². The molecule has 0 amide bonds. The summed E-state index contributed by atoms with van der Waals surface area (Å²) < 4.78 is 40.0. The van der Waals surface area contributed by atoms with Gasteiger partial charge in [0.05, 0.1) is 11.2 Å². The Kier molecular flexibility index (Phi) is 3.21. The molecule has 0 unspecified atom stereocenters. The van der Waals surface area contributed by atoms with E-state index in [1.807, 2.05) is 0 Å². The minimum absolute atomic E-state index is 0.0275. The second-order valence-corrected chi connectivity index (χ2v) is 4.37. The third-order valence-electron chi connectivity index (χ3n) is 2.94. The Morgan fingerprint density at radius 2 is 1.52 bits per heavy atom. The lowest BCUT2D eigenvalue weighted by molar-refractivity contribution is -0.121. The summed E-state index contributed by atoms with van der Waals surface area (Å²) in [5, 5.41) is 0.691. The number of nitrogens with zero attached hydrogens (tertiary/aromatic N) is 3. The minimum Gasteiger partial charge on any atom is -0.220 e. The van der Waals surface area contributed by atoms with Crippen molar-refractivity contribution in [2.75, 3.05) is 4.90 Å². The van der Waals surface area contributed by atoms with Crippen molar-refractivity contribution in [3.63, 3.8) is 0 Å². The van der Waals surface area contributed by atoms with E-state index in [2.05, 4.69) is 9.97 Å². The van der Waals surface area contributed by atoms with E-state index in [1.165, 1.54) is 30.5 Å². The number of benzene rings is 2. The van der Waals surface area contributed by atoms with Gasteiger partial charge < -0.3 is 0 Å². The zero-order valence-electron chi connectivity index (χ0n) is 10.7. The van der Waals surface area contributed by atoms with Crippen LogP contribution in [0.3, 0.4) is 0 Å². The Morgan fingerprint density at radius 1 is 0.857 bits per heavy atom. The summed E-state index contributed by atoms with van der Waals surface area (Å²) in [7, 11) is 0. The average Bonchev–Trinajstić information content (AvgIpc) is 2.47. The molecule has 0 spiro atoms. The van der Waals surface area contributed by atoms with Gasteiger partial charge in [-0.05, 0) is 18.2 Å². The second kappa shape index (κ2) is 5.05. The number of aromatic nitrogens is 2. The topological polar surface area (TPSA) is 29.0 Å². The highest BCUT2D eigenvalue weighted by Crippen LogP contribution is 2.34. The molecule has 0 N–H and O–H groups in total. The molecule has 0 aliphatic heterocycles. The predicted molar refractivity (Wildman–Crippen MR) is 74.2 cm³/mol. The highest BCUT2D eigenvalue weighted by Gasteiger charge is 2.40. The van der Waals surface area contributed by atoms with Gasteiger partial charge in [-0.1, -0.05) is 36.4 Å². The van der Waals surface area contributed by atoms with Crippen LogP contribution in [0.25, 0.3) is 10.9 Å². The minimum atomic E-state index is -4.61. The van der Waals surface area contributed by atoms with Crippen molar-refractivity contribution in [1.29, 1.82) is 0 Å². The van der Waals surface area contributed by atoms with Gasteiger partial charge in [0.2, 0.25) is 5.95 Å². The van der Waals surface area contributed by atoms with Gasteiger partial charge in [0.15, 0.2) is 0 Å². The Hall–Kier alpha value is -2.63. The molecule has 1 heterocycles. The molecular weight excluding hydrogens is 279 g/mol. The first kappa shape index (κ1) is 13.4. The van der Waals surface area contributed by atoms with Crippen LogP contribution in [0.5, 0.6) is 0 Å². The number of rotatable bonds is 2. The number of anilines is 2. The molecule has 0 saturated carbocycles. The molecule has 21 heavy (non-hydrogen) atoms. The smallest absolute Gasteiger partial charge is 0.220 e. The Bertz CT molecular complexity index is 757.